The zero-order valence-corrected chi connectivity index (χ0v) is 13.8. The molecule has 126 valence electrons. The van der Waals surface area contributed by atoms with Crippen LogP contribution in [0.2, 0.25) is 0 Å². The quantitative estimate of drug-likeness (QED) is 0.692. The van der Waals surface area contributed by atoms with Crippen molar-refractivity contribution in [2.24, 2.45) is 0 Å². The third kappa shape index (κ3) is 5.10. The summed E-state index contributed by atoms with van der Waals surface area (Å²) in [5.41, 5.74) is 0.395. The SMILES string of the molecule is CCOC(=O)C1=C[C@@H](OC(CC)CC)[C@H](NC(C)=O)[C@@H](O)C1. The molecule has 0 bridgehead atoms. The molecule has 0 aliphatic heterocycles. The minimum atomic E-state index is -0.882. The molecule has 0 aromatic heterocycles. The molecule has 3 atom stereocenters. The third-order valence-electron chi connectivity index (χ3n) is 3.73. The van der Waals surface area contributed by atoms with Crippen molar-refractivity contribution in [3.05, 3.63) is 11.6 Å². The van der Waals surface area contributed by atoms with E-state index in [-0.39, 0.29) is 25.0 Å². The first kappa shape index (κ1) is 18.6. The first-order chi connectivity index (χ1) is 10.4. The fraction of sp³-hybridized carbons (Fsp3) is 0.750. The molecule has 6 nitrogen and oxygen atoms in total. The number of nitrogens with one attached hydrogen (secondary N) is 1. The summed E-state index contributed by atoms with van der Waals surface area (Å²) in [6.07, 6.45) is 2.03. The highest BCUT2D eigenvalue weighted by atomic mass is 16.5. The van der Waals surface area contributed by atoms with Crippen LogP contribution in [0.1, 0.15) is 47.0 Å². The molecule has 0 heterocycles. The summed E-state index contributed by atoms with van der Waals surface area (Å²) in [6.45, 7) is 7.43. The molecule has 0 saturated carbocycles. The van der Waals surface area contributed by atoms with Crippen LogP contribution in [0.3, 0.4) is 0 Å². The van der Waals surface area contributed by atoms with Gasteiger partial charge in [-0.05, 0) is 25.8 Å². The number of esters is 1. The van der Waals surface area contributed by atoms with Crippen LogP contribution in [0.25, 0.3) is 0 Å². The second-order valence-electron chi connectivity index (χ2n) is 5.45. The number of hydrogen-bond donors (Lipinski definition) is 2. The van der Waals surface area contributed by atoms with E-state index < -0.39 is 24.2 Å². The highest BCUT2D eigenvalue weighted by Crippen LogP contribution is 2.25. The molecule has 2 N–H and O–H groups in total. The fourth-order valence-electron chi connectivity index (χ4n) is 2.56. The van der Waals surface area contributed by atoms with E-state index in [4.69, 9.17) is 9.47 Å². The lowest BCUT2D eigenvalue weighted by molar-refractivity contribution is -0.139. The summed E-state index contributed by atoms with van der Waals surface area (Å²) >= 11 is 0. The monoisotopic (exact) mass is 313 g/mol. The van der Waals surface area contributed by atoms with Crippen molar-refractivity contribution < 1.29 is 24.2 Å². The number of hydrogen-bond acceptors (Lipinski definition) is 5. The number of carbonyl (C=O) groups excluding carboxylic acids is 2. The Morgan fingerprint density at radius 3 is 2.50 bits per heavy atom. The Labute approximate surface area is 131 Å². The number of aliphatic hydroxyl groups is 1. The van der Waals surface area contributed by atoms with Gasteiger partial charge in [0.15, 0.2) is 0 Å². The molecule has 1 aliphatic carbocycles. The molecular formula is C16H27NO5. The number of rotatable bonds is 7. The van der Waals surface area contributed by atoms with Gasteiger partial charge in [0.05, 0.1) is 31.0 Å². The standard InChI is InChI=1S/C16H27NO5/c1-5-12(6-2)22-14-9-11(16(20)21-7-3)8-13(19)15(14)17-10(4)18/h9,12-15,19H,5-8H2,1-4H3,(H,17,18)/t13-,14+,15+/m0/s1. The van der Waals surface area contributed by atoms with E-state index in [0.717, 1.165) is 12.8 Å². The Bertz CT molecular complexity index is 417. The maximum absolute atomic E-state index is 11.9. The van der Waals surface area contributed by atoms with E-state index in [0.29, 0.717) is 5.57 Å². The normalized spacial score (nSPS) is 24.8. The van der Waals surface area contributed by atoms with Crippen LogP contribution in [0, 0.1) is 0 Å². The molecule has 0 spiro atoms. The third-order valence-corrected chi connectivity index (χ3v) is 3.73. The molecule has 0 aromatic carbocycles. The molecule has 1 rings (SSSR count). The van der Waals surface area contributed by atoms with Crippen molar-refractivity contribution in [3.63, 3.8) is 0 Å². The Morgan fingerprint density at radius 2 is 2.00 bits per heavy atom. The topological polar surface area (TPSA) is 84.9 Å². The van der Waals surface area contributed by atoms with E-state index >= 15 is 0 Å². The van der Waals surface area contributed by atoms with E-state index in [1.54, 1.807) is 13.0 Å². The molecule has 1 aliphatic rings. The van der Waals surface area contributed by atoms with Gasteiger partial charge in [0.1, 0.15) is 0 Å². The van der Waals surface area contributed by atoms with Crippen LogP contribution in [0.4, 0.5) is 0 Å². The van der Waals surface area contributed by atoms with Gasteiger partial charge >= 0.3 is 5.97 Å². The van der Waals surface area contributed by atoms with Gasteiger partial charge in [-0.15, -0.1) is 0 Å². The summed E-state index contributed by atoms with van der Waals surface area (Å²) in [6, 6.07) is -0.559. The van der Waals surface area contributed by atoms with Crippen molar-refractivity contribution in [3.8, 4) is 0 Å². The molecule has 0 unspecified atom stereocenters. The Morgan fingerprint density at radius 1 is 1.36 bits per heavy atom. The van der Waals surface area contributed by atoms with E-state index in [1.807, 2.05) is 13.8 Å². The minimum absolute atomic E-state index is 0.00579. The first-order valence-electron chi connectivity index (χ1n) is 7.91. The Kier molecular flexibility index (Phi) is 7.55. The smallest absolute Gasteiger partial charge is 0.333 e. The van der Waals surface area contributed by atoms with Gasteiger partial charge < -0.3 is 19.9 Å². The summed E-state index contributed by atoms with van der Waals surface area (Å²) in [5, 5.41) is 13.0. The van der Waals surface area contributed by atoms with Crippen LogP contribution < -0.4 is 5.32 Å². The first-order valence-corrected chi connectivity index (χ1v) is 7.91. The molecule has 22 heavy (non-hydrogen) atoms. The second-order valence-corrected chi connectivity index (χ2v) is 5.45. The maximum Gasteiger partial charge on any atom is 0.333 e. The second kappa shape index (κ2) is 8.90. The molecule has 1 amide bonds. The minimum Gasteiger partial charge on any atom is -0.463 e. The lowest BCUT2D eigenvalue weighted by atomic mass is 9.89. The summed E-state index contributed by atoms with van der Waals surface area (Å²) in [7, 11) is 0. The lowest BCUT2D eigenvalue weighted by Gasteiger charge is -2.35. The fourth-order valence-corrected chi connectivity index (χ4v) is 2.56. The highest BCUT2D eigenvalue weighted by molar-refractivity contribution is 5.89. The number of carbonyl (C=O) groups is 2. The van der Waals surface area contributed by atoms with E-state index in [1.165, 1.54) is 6.92 Å². The molecule has 0 fully saturated rings. The molecule has 0 radical (unpaired) electrons. The van der Waals surface area contributed by atoms with E-state index in [2.05, 4.69) is 5.32 Å². The van der Waals surface area contributed by atoms with E-state index in [9.17, 15) is 14.7 Å². The lowest BCUT2D eigenvalue weighted by Crippen LogP contribution is -2.53. The van der Waals surface area contributed by atoms with Gasteiger partial charge in [0, 0.05) is 18.9 Å². The van der Waals surface area contributed by atoms with Gasteiger partial charge in [-0.2, -0.15) is 0 Å². The maximum atomic E-state index is 11.9. The van der Waals surface area contributed by atoms with Crippen molar-refractivity contribution in [1.29, 1.82) is 0 Å². The Hall–Kier alpha value is -1.40. The van der Waals surface area contributed by atoms with Gasteiger partial charge in [-0.25, -0.2) is 4.79 Å². The molecule has 0 saturated heterocycles. The zero-order valence-electron chi connectivity index (χ0n) is 13.8. The van der Waals surface area contributed by atoms with Gasteiger partial charge in [-0.3, -0.25) is 4.79 Å². The van der Waals surface area contributed by atoms with Crippen LogP contribution in [0.5, 0.6) is 0 Å². The number of aliphatic hydroxyl groups excluding tert-OH is 1. The predicted molar refractivity (Wildman–Crippen MR) is 82.2 cm³/mol. The molecular weight excluding hydrogens is 286 g/mol. The average molecular weight is 313 g/mol. The van der Waals surface area contributed by atoms with Crippen LogP contribution in [0.15, 0.2) is 11.6 Å². The van der Waals surface area contributed by atoms with Crippen LogP contribution in [-0.2, 0) is 19.1 Å². The van der Waals surface area contributed by atoms with Crippen molar-refractivity contribution >= 4 is 11.9 Å². The molecule has 6 heteroatoms. The summed E-state index contributed by atoms with van der Waals surface area (Å²) in [4.78, 5) is 23.3. The summed E-state index contributed by atoms with van der Waals surface area (Å²) < 4.78 is 11.0. The van der Waals surface area contributed by atoms with Crippen molar-refractivity contribution in [1.82, 2.24) is 5.32 Å². The zero-order chi connectivity index (χ0) is 16.7. The average Bonchev–Trinajstić information content (AvgIpc) is 2.47. The van der Waals surface area contributed by atoms with Gasteiger partial charge in [0.2, 0.25) is 5.91 Å². The van der Waals surface area contributed by atoms with Crippen molar-refractivity contribution in [2.75, 3.05) is 6.61 Å². The van der Waals surface area contributed by atoms with Crippen LogP contribution >= 0.6 is 0 Å². The number of amides is 1. The largest absolute Gasteiger partial charge is 0.463 e. The van der Waals surface area contributed by atoms with Crippen molar-refractivity contribution in [2.45, 2.75) is 71.3 Å². The van der Waals surface area contributed by atoms with Gasteiger partial charge in [0.25, 0.3) is 0 Å². The summed E-state index contributed by atoms with van der Waals surface area (Å²) in [5.74, 6) is -0.684. The number of ether oxygens (including phenoxy) is 2. The predicted octanol–water partition coefficient (Wildman–Crippen LogP) is 1.32. The highest BCUT2D eigenvalue weighted by Gasteiger charge is 2.36. The Balaban J connectivity index is 2.98. The van der Waals surface area contributed by atoms with Crippen LogP contribution in [-0.4, -0.2) is 47.9 Å². The van der Waals surface area contributed by atoms with Gasteiger partial charge in [-0.1, -0.05) is 13.8 Å². The molecule has 0 aromatic rings.